The van der Waals surface area contributed by atoms with E-state index in [-0.39, 0.29) is 5.91 Å². The lowest BCUT2D eigenvalue weighted by atomic mass is 10.0. The van der Waals surface area contributed by atoms with Gasteiger partial charge in [-0.15, -0.1) is 0 Å². The van der Waals surface area contributed by atoms with Crippen LogP contribution in [0.25, 0.3) is 33.5 Å². The van der Waals surface area contributed by atoms with Gasteiger partial charge >= 0.3 is 0 Å². The van der Waals surface area contributed by atoms with Crippen molar-refractivity contribution in [2.75, 3.05) is 0 Å². The number of hydrogen-bond donors (Lipinski definition) is 2. The second-order valence-corrected chi connectivity index (χ2v) is 8.40. The van der Waals surface area contributed by atoms with Gasteiger partial charge in [-0.3, -0.25) is 4.79 Å². The van der Waals surface area contributed by atoms with Gasteiger partial charge < -0.3 is 10.3 Å². The van der Waals surface area contributed by atoms with Crippen LogP contribution in [0.4, 0.5) is 0 Å². The molecule has 0 unspecified atom stereocenters. The zero-order valence-electron chi connectivity index (χ0n) is 18.1. The summed E-state index contributed by atoms with van der Waals surface area (Å²) in [6, 6.07) is 29.7. The molecule has 0 fully saturated rings. The Morgan fingerprint density at radius 1 is 0.909 bits per heavy atom. The van der Waals surface area contributed by atoms with Gasteiger partial charge in [-0.2, -0.15) is 0 Å². The molecular weight excluding hydrogens is 430 g/mol. The number of H-pyrrole nitrogens is 1. The average Bonchev–Trinajstić information content (AvgIpc) is 3.26. The molecule has 4 aromatic carbocycles. The van der Waals surface area contributed by atoms with Crippen LogP contribution in [0, 0.1) is 6.92 Å². The van der Waals surface area contributed by atoms with Crippen molar-refractivity contribution in [3.8, 4) is 22.5 Å². The number of fused-ring (bicyclic) bond motifs is 1. The summed E-state index contributed by atoms with van der Waals surface area (Å²) in [6.07, 6.45) is 0. The smallest absolute Gasteiger partial charge is 0.251 e. The van der Waals surface area contributed by atoms with Crippen molar-refractivity contribution >= 4 is 28.5 Å². The van der Waals surface area contributed by atoms with Gasteiger partial charge in [0.15, 0.2) is 0 Å². The molecule has 33 heavy (non-hydrogen) atoms. The zero-order valence-corrected chi connectivity index (χ0v) is 18.9. The van der Waals surface area contributed by atoms with E-state index < -0.39 is 0 Å². The van der Waals surface area contributed by atoms with Gasteiger partial charge in [0.1, 0.15) is 5.82 Å². The minimum Gasteiger partial charge on any atom is -0.348 e. The quantitative estimate of drug-likeness (QED) is 0.309. The van der Waals surface area contributed by atoms with E-state index in [2.05, 4.69) is 39.6 Å². The number of hydrogen-bond acceptors (Lipinski definition) is 2. The third-order valence-electron chi connectivity index (χ3n) is 5.72. The summed E-state index contributed by atoms with van der Waals surface area (Å²) in [5.41, 5.74) is 7.45. The number of benzene rings is 4. The van der Waals surface area contributed by atoms with Crippen LogP contribution in [0.15, 0.2) is 91.0 Å². The predicted octanol–water partition coefficient (Wildman–Crippen LogP) is 6.79. The minimum absolute atomic E-state index is 0.130. The molecule has 2 N–H and O–H groups in total. The van der Waals surface area contributed by atoms with E-state index in [1.807, 2.05) is 67.6 Å². The summed E-state index contributed by atoms with van der Waals surface area (Å²) in [5, 5.41) is 3.65. The summed E-state index contributed by atoms with van der Waals surface area (Å²) in [7, 11) is 0. The number of aromatic nitrogens is 2. The third kappa shape index (κ3) is 4.38. The Labute approximate surface area is 197 Å². The van der Waals surface area contributed by atoms with Crippen molar-refractivity contribution in [2.45, 2.75) is 13.5 Å². The Morgan fingerprint density at radius 3 is 2.42 bits per heavy atom. The molecule has 1 aromatic heterocycles. The molecule has 1 heterocycles. The maximum Gasteiger partial charge on any atom is 0.251 e. The van der Waals surface area contributed by atoms with E-state index >= 15 is 0 Å². The summed E-state index contributed by atoms with van der Waals surface area (Å²) in [5.74, 6) is 0.568. The van der Waals surface area contributed by atoms with Crippen LogP contribution in [-0.2, 0) is 6.54 Å². The first kappa shape index (κ1) is 21.0. The van der Waals surface area contributed by atoms with Crippen LogP contribution in [-0.4, -0.2) is 15.9 Å². The van der Waals surface area contributed by atoms with Gasteiger partial charge in [0.2, 0.25) is 0 Å². The number of nitrogens with one attached hydrogen (secondary N) is 2. The highest BCUT2D eigenvalue weighted by atomic mass is 35.5. The molecule has 5 rings (SSSR count). The number of amides is 1. The number of halogens is 1. The van der Waals surface area contributed by atoms with Gasteiger partial charge in [0.05, 0.1) is 16.1 Å². The maximum atomic E-state index is 12.8. The van der Waals surface area contributed by atoms with Crippen molar-refractivity contribution in [1.82, 2.24) is 15.3 Å². The number of aromatic amines is 1. The van der Waals surface area contributed by atoms with Crippen molar-refractivity contribution in [3.63, 3.8) is 0 Å². The van der Waals surface area contributed by atoms with Crippen LogP contribution < -0.4 is 5.32 Å². The van der Waals surface area contributed by atoms with Gasteiger partial charge in [-0.25, -0.2) is 4.98 Å². The molecule has 162 valence electrons. The molecule has 0 saturated heterocycles. The summed E-state index contributed by atoms with van der Waals surface area (Å²) in [6.45, 7) is 2.46. The number of carbonyl (C=O) groups excluding carboxylic acids is 1. The third-order valence-corrected chi connectivity index (χ3v) is 6.03. The van der Waals surface area contributed by atoms with Crippen LogP contribution in [0.2, 0.25) is 5.02 Å². The molecule has 0 bridgehead atoms. The summed E-state index contributed by atoms with van der Waals surface area (Å²) in [4.78, 5) is 20.7. The van der Waals surface area contributed by atoms with Crippen LogP contribution in [0.3, 0.4) is 0 Å². The molecule has 5 aromatic rings. The number of rotatable bonds is 5. The van der Waals surface area contributed by atoms with Crippen LogP contribution in [0.5, 0.6) is 0 Å². The molecular formula is C28H22ClN3O. The van der Waals surface area contributed by atoms with Crippen LogP contribution >= 0.6 is 11.6 Å². The van der Waals surface area contributed by atoms with Crippen molar-refractivity contribution < 1.29 is 4.79 Å². The Bertz CT molecular complexity index is 1420. The van der Waals surface area contributed by atoms with E-state index in [4.69, 9.17) is 11.6 Å². The predicted molar refractivity (Wildman–Crippen MR) is 134 cm³/mol. The molecule has 5 heteroatoms. The summed E-state index contributed by atoms with van der Waals surface area (Å²) >= 11 is 6.39. The molecule has 0 atom stereocenters. The number of carbonyl (C=O) groups is 1. The van der Waals surface area contributed by atoms with Gasteiger partial charge in [0, 0.05) is 17.7 Å². The normalized spacial score (nSPS) is 11.0. The lowest BCUT2D eigenvalue weighted by Gasteiger charge is -2.07. The fraction of sp³-hybridized carbons (Fsp3) is 0.0714. The second kappa shape index (κ2) is 8.93. The monoisotopic (exact) mass is 451 g/mol. The Kier molecular flexibility index (Phi) is 5.68. The Balaban J connectivity index is 1.31. The zero-order chi connectivity index (χ0) is 22.8. The topological polar surface area (TPSA) is 57.8 Å². The molecule has 0 spiro atoms. The van der Waals surface area contributed by atoms with Crippen molar-refractivity contribution in [2.24, 2.45) is 0 Å². The summed E-state index contributed by atoms with van der Waals surface area (Å²) < 4.78 is 0. The van der Waals surface area contributed by atoms with Gasteiger partial charge in [-0.1, -0.05) is 78.3 Å². The van der Waals surface area contributed by atoms with Crippen molar-refractivity contribution in [3.05, 3.63) is 113 Å². The first-order chi connectivity index (χ1) is 16.1. The number of imidazole rings is 1. The lowest BCUT2D eigenvalue weighted by Crippen LogP contribution is -2.22. The highest BCUT2D eigenvalue weighted by Gasteiger charge is 2.13. The highest BCUT2D eigenvalue weighted by Crippen LogP contribution is 2.30. The molecule has 0 aliphatic heterocycles. The van der Waals surface area contributed by atoms with Crippen LogP contribution in [0.1, 0.15) is 21.5 Å². The van der Waals surface area contributed by atoms with Gasteiger partial charge in [0.25, 0.3) is 5.91 Å². The first-order valence-corrected chi connectivity index (χ1v) is 11.1. The fourth-order valence-corrected chi connectivity index (χ4v) is 4.24. The highest BCUT2D eigenvalue weighted by molar-refractivity contribution is 6.33. The lowest BCUT2D eigenvalue weighted by molar-refractivity contribution is 0.0951. The Morgan fingerprint density at radius 2 is 1.67 bits per heavy atom. The van der Waals surface area contributed by atoms with E-state index in [1.165, 1.54) is 5.56 Å². The minimum atomic E-state index is -0.130. The molecule has 0 aliphatic carbocycles. The number of aryl methyl sites for hydroxylation is 1. The first-order valence-electron chi connectivity index (χ1n) is 10.8. The molecule has 0 aliphatic rings. The van der Waals surface area contributed by atoms with E-state index in [0.29, 0.717) is 23.0 Å². The SMILES string of the molecule is Cc1cccc(Cl)c1-c1nc2ccc(C(=O)NCc3ccc(-c4ccccc4)cc3)cc2[nH]1. The largest absolute Gasteiger partial charge is 0.348 e. The number of nitrogens with zero attached hydrogens (tertiary/aromatic N) is 1. The molecule has 4 nitrogen and oxygen atoms in total. The van der Waals surface area contributed by atoms with E-state index in [0.717, 1.165) is 33.3 Å². The average molecular weight is 452 g/mol. The molecule has 0 radical (unpaired) electrons. The maximum absolute atomic E-state index is 12.8. The molecule has 1 amide bonds. The van der Waals surface area contributed by atoms with E-state index in [1.54, 1.807) is 6.07 Å². The second-order valence-electron chi connectivity index (χ2n) is 7.99. The van der Waals surface area contributed by atoms with Crippen molar-refractivity contribution in [1.29, 1.82) is 0 Å². The Hall–Kier alpha value is -3.89. The standard InChI is InChI=1S/C28H22ClN3O/c1-18-6-5-9-23(29)26(18)27-31-24-15-14-22(16-25(24)32-27)28(33)30-17-19-10-12-21(13-11-19)20-7-3-2-4-8-20/h2-16H,17H2,1H3,(H,30,33)(H,31,32). The van der Waals surface area contributed by atoms with Gasteiger partial charge in [-0.05, 0) is 53.4 Å². The molecule has 0 saturated carbocycles. The fourth-order valence-electron chi connectivity index (χ4n) is 3.93. The van der Waals surface area contributed by atoms with E-state index in [9.17, 15) is 4.79 Å².